The van der Waals surface area contributed by atoms with Crippen LogP contribution in [0.3, 0.4) is 0 Å². The van der Waals surface area contributed by atoms with Crippen LogP contribution in [0.25, 0.3) is 22.4 Å². The van der Waals surface area contributed by atoms with Gasteiger partial charge in [-0.3, -0.25) is 15.1 Å². The van der Waals surface area contributed by atoms with Crippen molar-refractivity contribution in [3.63, 3.8) is 0 Å². The number of hydrogen-bond acceptors (Lipinski definition) is 5. The Labute approximate surface area is 90.6 Å². The fourth-order valence-electron chi connectivity index (χ4n) is 1.58. The van der Waals surface area contributed by atoms with Crippen molar-refractivity contribution in [2.45, 2.75) is 0 Å². The van der Waals surface area contributed by atoms with Crippen LogP contribution in [0.4, 0.5) is 5.95 Å². The molecule has 0 atom stereocenters. The minimum Gasteiger partial charge on any atom is -0.366 e. The summed E-state index contributed by atoms with van der Waals surface area (Å²) in [6.45, 7) is 0. The second-order valence-electron chi connectivity index (χ2n) is 3.27. The third-order valence-corrected chi connectivity index (χ3v) is 2.26. The number of para-hydroxylation sites is 1. The average molecular weight is 212 g/mol. The molecular weight excluding hydrogens is 204 g/mol. The Hall–Kier alpha value is -2.50. The summed E-state index contributed by atoms with van der Waals surface area (Å²) in [5.74, 6) is 0.819. The SMILES string of the molecule is Nc1n[nH]c(-c2cccc3nccnc23)n1. The zero-order valence-electron chi connectivity index (χ0n) is 8.25. The molecule has 6 heteroatoms. The van der Waals surface area contributed by atoms with Crippen molar-refractivity contribution in [3.8, 4) is 11.4 Å². The molecule has 1 aromatic carbocycles. The first-order valence-corrected chi connectivity index (χ1v) is 4.72. The second kappa shape index (κ2) is 3.27. The van der Waals surface area contributed by atoms with E-state index >= 15 is 0 Å². The zero-order valence-corrected chi connectivity index (χ0v) is 8.25. The molecule has 78 valence electrons. The number of aromatic amines is 1. The molecule has 0 aliphatic heterocycles. The fourth-order valence-corrected chi connectivity index (χ4v) is 1.58. The predicted octanol–water partition coefficient (Wildman–Crippen LogP) is 0.997. The minimum atomic E-state index is 0.218. The van der Waals surface area contributed by atoms with Crippen LogP contribution in [0.1, 0.15) is 0 Å². The van der Waals surface area contributed by atoms with E-state index in [9.17, 15) is 0 Å². The van der Waals surface area contributed by atoms with Gasteiger partial charge in [0.15, 0.2) is 5.82 Å². The number of H-pyrrole nitrogens is 1. The molecule has 3 N–H and O–H groups in total. The van der Waals surface area contributed by atoms with Gasteiger partial charge in [0.2, 0.25) is 5.95 Å². The van der Waals surface area contributed by atoms with E-state index in [0.29, 0.717) is 5.82 Å². The van der Waals surface area contributed by atoms with E-state index in [-0.39, 0.29) is 5.95 Å². The van der Waals surface area contributed by atoms with Gasteiger partial charge < -0.3 is 5.73 Å². The number of hydrogen-bond donors (Lipinski definition) is 2. The maximum atomic E-state index is 5.47. The average Bonchev–Trinajstić information content (AvgIpc) is 2.75. The van der Waals surface area contributed by atoms with E-state index in [1.54, 1.807) is 12.4 Å². The van der Waals surface area contributed by atoms with Crippen molar-refractivity contribution >= 4 is 17.0 Å². The van der Waals surface area contributed by atoms with Gasteiger partial charge >= 0.3 is 0 Å². The van der Waals surface area contributed by atoms with Gasteiger partial charge in [-0.05, 0) is 12.1 Å². The molecule has 0 amide bonds. The van der Waals surface area contributed by atoms with Gasteiger partial charge in [-0.1, -0.05) is 6.07 Å². The first-order chi connectivity index (χ1) is 7.84. The lowest BCUT2D eigenvalue weighted by Gasteiger charge is -2.00. The minimum absolute atomic E-state index is 0.218. The molecule has 2 heterocycles. The summed E-state index contributed by atoms with van der Waals surface area (Å²) in [5.41, 5.74) is 7.91. The number of nitrogen functional groups attached to an aromatic ring is 1. The van der Waals surface area contributed by atoms with Crippen molar-refractivity contribution < 1.29 is 0 Å². The number of nitrogens with zero attached hydrogens (tertiary/aromatic N) is 4. The maximum absolute atomic E-state index is 5.47. The molecule has 0 aliphatic carbocycles. The van der Waals surface area contributed by atoms with Crippen molar-refractivity contribution in [1.29, 1.82) is 0 Å². The van der Waals surface area contributed by atoms with Crippen LogP contribution >= 0.6 is 0 Å². The lowest BCUT2D eigenvalue weighted by Crippen LogP contribution is -1.89. The first-order valence-electron chi connectivity index (χ1n) is 4.72. The van der Waals surface area contributed by atoms with Gasteiger partial charge in [0.25, 0.3) is 0 Å². The van der Waals surface area contributed by atoms with E-state index in [2.05, 4.69) is 25.1 Å². The molecule has 0 unspecified atom stereocenters. The molecule has 0 radical (unpaired) electrons. The molecule has 0 saturated carbocycles. The van der Waals surface area contributed by atoms with Crippen LogP contribution in [-0.4, -0.2) is 25.1 Å². The highest BCUT2D eigenvalue weighted by Crippen LogP contribution is 2.22. The van der Waals surface area contributed by atoms with Crippen LogP contribution < -0.4 is 5.73 Å². The molecule has 16 heavy (non-hydrogen) atoms. The van der Waals surface area contributed by atoms with E-state index < -0.39 is 0 Å². The van der Waals surface area contributed by atoms with Crippen LogP contribution in [0, 0.1) is 0 Å². The number of nitrogens with two attached hydrogens (primary N) is 1. The summed E-state index contributed by atoms with van der Waals surface area (Å²) >= 11 is 0. The lowest BCUT2D eigenvalue weighted by atomic mass is 10.1. The lowest BCUT2D eigenvalue weighted by molar-refractivity contribution is 1.10. The van der Waals surface area contributed by atoms with Crippen molar-refractivity contribution in [3.05, 3.63) is 30.6 Å². The highest BCUT2D eigenvalue weighted by atomic mass is 15.3. The highest BCUT2D eigenvalue weighted by Gasteiger charge is 2.08. The number of anilines is 1. The summed E-state index contributed by atoms with van der Waals surface area (Å²) < 4.78 is 0. The normalized spacial score (nSPS) is 10.8. The van der Waals surface area contributed by atoms with E-state index in [1.807, 2.05) is 18.2 Å². The smallest absolute Gasteiger partial charge is 0.239 e. The maximum Gasteiger partial charge on any atom is 0.239 e. The first kappa shape index (κ1) is 8.78. The summed E-state index contributed by atoms with van der Waals surface area (Å²) in [6.07, 6.45) is 3.30. The van der Waals surface area contributed by atoms with Crippen LogP contribution in [0.5, 0.6) is 0 Å². The molecule has 3 aromatic rings. The predicted molar refractivity (Wildman–Crippen MR) is 59.3 cm³/mol. The molecule has 0 fully saturated rings. The Balaban J connectivity index is 2.31. The van der Waals surface area contributed by atoms with E-state index in [1.165, 1.54) is 0 Å². The number of rotatable bonds is 1. The molecule has 0 bridgehead atoms. The third kappa shape index (κ3) is 1.28. The second-order valence-corrected chi connectivity index (χ2v) is 3.27. The van der Waals surface area contributed by atoms with Crippen LogP contribution in [0.2, 0.25) is 0 Å². The Kier molecular flexibility index (Phi) is 1.79. The molecule has 0 aliphatic rings. The largest absolute Gasteiger partial charge is 0.366 e. The number of aromatic nitrogens is 5. The van der Waals surface area contributed by atoms with E-state index in [4.69, 9.17) is 5.73 Å². The van der Waals surface area contributed by atoms with Crippen LogP contribution in [-0.2, 0) is 0 Å². The highest BCUT2D eigenvalue weighted by molar-refractivity contribution is 5.89. The molecule has 6 nitrogen and oxygen atoms in total. The Bertz CT molecular complexity index is 639. The van der Waals surface area contributed by atoms with Crippen molar-refractivity contribution in [2.75, 3.05) is 5.73 Å². The molecule has 3 rings (SSSR count). The van der Waals surface area contributed by atoms with Crippen molar-refractivity contribution in [1.82, 2.24) is 25.1 Å². The summed E-state index contributed by atoms with van der Waals surface area (Å²) in [6, 6.07) is 5.69. The zero-order chi connectivity index (χ0) is 11.0. The van der Waals surface area contributed by atoms with Gasteiger partial charge in [0, 0.05) is 18.0 Å². The molecular formula is C10H8N6. The Morgan fingerprint density at radius 2 is 2.00 bits per heavy atom. The summed E-state index contributed by atoms with van der Waals surface area (Å²) in [4.78, 5) is 12.6. The summed E-state index contributed by atoms with van der Waals surface area (Å²) in [7, 11) is 0. The number of benzene rings is 1. The van der Waals surface area contributed by atoms with Gasteiger partial charge in [-0.25, -0.2) is 0 Å². The number of fused-ring (bicyclic) bond motifs is 1. The van der Waals surface area contributed by atoms with Crippen LogP contribution in [0.15, 0.2) is 30.6 Å². The van der Waals surface area contributed by atoms with Gasteiger partial charge in [0.05, 0.1) is 11.0 Å². The molecule has 2 aromatic heterocycles. The molecule has 0 spiro atoms. The number of nitrogens with one attached hydrogen (secondary N) is 1. The quantitative estimate of drug-likeness (QED) is 0.627. The topological polar surface area (TPSA) is 93.4 Å². The Morgan fingerprint density at radius 3 is 2.81 bits per heavy atom. The standard InChI is InChI=1S/C10H8N6/c11-10-14-9(15-16-10)6-2-1-3-7-8(6)13-5-4-12-7/h1-5H,(H3,11,14,15,16). The third-order valence-electron chi connectivity index (χ3n) is 2.26. The van der Waals surface area contributed by atoms with Crippen molar-refractivity contribution in [2.24, 2.45) is 0 Å². The van der Waals surface area contributed by atoms with Gasteiger partial charge in [-0.2, -0.15) is 4.98 Å². The summed E-state index contributed by atoms with van der Waals surface area (Å²) in [5, 5.41) is 6.55. The van der Waals surface area contributed by atoms with Gasteiger partial charge in [0.1, 0.15) is 0 Å². The Morgan fingerprint density at radius 1 is 1.12 bits per heavy atom. The monoisotopic (exact) mass is 212 g/mol. The van der Waals surface area contributed by atoms with E-state index in [0.717, 1.165) is 16.6 Å². The molecule has 0 saturated heterocycles. The van der Waals surface area contributed by atoms with Gasteiger partial charge in [-0.15, -0.1) is 5.10 Å². The fraction of sp³-hybridized carbons (Fsp3) is 0.